The van der Waals surface area contributed by atoms with E-state index in [0.29, 0.717) is 34.9 Å². The predicted molar refractivity (Wildman–Crippen MR) is 136 cm³/mol. The number of carbonyl (C=O) groups is 1. The Morgan fingerprint density at radius 1 is 1.12 bits per heavy atom. The number of nitrogens with zero attached hydrogens (tertiary/aromatic N) is 3. The molecule has 0 amide bonds. The third-order valence-corrected chi connectivity index (χ3v) is 5.66. The Morgan fingerprint density at radius 2 is 1.74 bits per heavy atom. The normalized spacial score (nSPS) is 14.8. The van der Waals surface area contributed by atoms with Crippen LogP contribution in [0.1, 0.15) is 31.4 Å². The van der Waals surface area contributed by atoms with Crippen LogP contribution in [0.25, 0.3) is 5.69 Å². The van der Waals surface area contributed by atoms with E-state index in [0.717, 1.165) is 5.56 Å². The van der Waals surface area contributed by atoms with E-state index >= 15 is 0 Å². The number of anilines is 1. The number of carbonyl (C=O) groups excluding carboxylic acids is 1. The average molecular weight is 481 g/mol. The molecule has 1 aliphatic rings. The summed E-state index contributed by atoms with van der Waals surface area (Å²) in [6.07, 6.45) is 0. The molecule has 34 heavy (non-hydrogen) atoms. The number of para-hydroxylation sites is 1. The molecule has 0 radical (unpaired) electrons. The van der Waals surface area contributed by atoms with Crippen LogP contribution in [0, 0.1) is 0 Å². The van der Waals surface area contributed by atoms with Crippen LogP contribution in [0.3, 0.4) is 0 Å². The first-order valence-electron chi connectivity index (χ1n) is 10.7. The van der Waals surface area contributed by atoms with Gasteiger partial charge in [-0.2, -0.15) is 4.98 Å². The number of benzene rings is 2. The average Bonchev–Trinajstić information content (AvgIpc) is 2.79. The second kappa shape index (κ2) is 10.7. The standard InChI is InChI=1S/C25H25ClN4O3.CH4/c1-4-33-24(31)20-18(15-29(2)3)27-23-21(19(20)16-11-7-5-8-12-16)22(26)28-25(32)30(23)17-13-9-6-10-14-17;/h5-14,19,27H,4,15H2,1-3H3;1H4. The van der Waals surface area contributed by atoms with Crippen molar-refractivity contribution in [1.82, 2.24) is 14.5 Å². The molecule has 4 rings (SSSR count). The van der Waals surface area contributed by atoms with E-state index in [1.807, 2.05) is 79.7 Å². The zero-order chi connectivity index (χ0) is 23.5. The van der Waals surface area contributed by atoms with E-state index in [4.69, 9.17) is 16.3 Å². The minimum Gasteiger partial charge on any atom is -0.463 e. The highest BCUT2D eigenvalue weighted by molar-refractivity contribution is 6.30. The Balaban J connectivity index is 0.00000324. The summed E-state index contributed by atoms with van der Waals surface area (Å²) < 4.78 is 6.95. The largest absolute Gasteiger partial charge is 0.463 e. The summed E-state index contributed by atoms with van der Waals surface area (Å²) in [6, 6.07) is 18.8. The minimum atomic E-state index is -0.563. The Kier molecular flexibility index (Phi) is 7.91. The SMILES string of the molecule is C.CCOC(=O)C1=C(CN(C)C)Nc2c(c(Cl)nc(=O)n2-c2ccccc2)C1c1ccccc1. The quantitative estimate of drug-likeness (QED) is 0.414. The highest BCUT2D eigenvalue weighted by Crippen LogP contribution is 2.44. The fourth-order valence-electron chi connectivity index (χ4n) is 4.10. The van der Waals surface area contributed by atoms with Crippen LogP contribution in [0.15, 0.2) is 76.7 Å². The molecule has 1 atom stereocenters. The van der Waals surface area contributed by atoms with E-state index in [9.17, 15) is 9.59 Å². The van der Waals surface area contributed by atoms with Crippen LogP contribution in [0.4, 0.5) is 5.82 Å². The fourth-order valence-corrected chi connectivity index (χ4v) is 4.37. The highest BCUT2D eigenvalue weighted by atomic mass is 35.5. The van der Waals surface area contributed by atoms with E-state index in [2.05, 4.69) is 10.3 Å². The van der Waals surface area contributed by atoms with Crippen molar-refractivity contribution >= 4 is 23.4 Å². The summed E-state index contributed by atoms with van der Waals surface area (Å²) in [7, 11) is 3.82. The van der Waals surface area contributed by atoms with Gasteiger partial charge in [0.1, 0.15) is 11.0 Å². The molecule has 2 heterocycles. The molecule has 0 saturated heterocycles. The zero-order valence-electron chi connectivity index (χ0n) is 18.7. The van der Waals surface area contributed by atoms with Crippen LogP contribution in [-0.2, 0) is 9.53 Å². The maximum atomic E-state index is 13.2. The van der Waals surface area contributed by atoms with Crippen molar-refractivity contribution in [3.63, 3.8) is 0 Å². The molecule has 2 aromatic carbocycles. The lowest BCUT2D eigenvalue weighted by Crippen LogP contribution is -2.35. The van der Waals surface area contributed by atoms with Gasteiger partial charge in [0, 0.05) is 23.7 Å². The molecule has 0 aliphatic carbocycles. The number of nitrogens with one attached hydrogen (secondary N) is 1. The van der Waals surface area contributed by atoms with Crippen molar-refractivity contribution in [2.45, 2.75) is 20.3 Å². The molecular formula is C26H29ClN4O3. The molecule has 3 aromatic rings. The van der Waals surface area contributed by atoms with Gasteiger partial charge in [-0.1, -0.05) is 67.6 Å². The van der Waals surface area contributed by atoms with Gasteiger partial charge >= 0.3 is 11.7 Å². The maximum absolute atomic E-state index is 13.2. The Morgan fingerprint density at radius 3 is 2.32 bits per heavy atom. The molecule has 0 fully saturated rings. The molecule has 1 unspecified atom stereocenters. The zero-order valence-corrected chi connectivity index (χ0v) is 19.5. The van der Waals surface area contributed by atoms with Crippen LogP contribution in [0.2, 0.25) is 5.15 Å². The molecule has 1 N–H and O–H groups in total. The van der Waals surface area contributed by atoms with Crippen LogP contribution in [0.5, 0.6) is 0 Å². The van der Waals surface area contributed by atoms with E-state index < -0.39 is 17.6 Å². The topological polar surface area (TPSA) is 76.5 Å². The van der Waals surface area contributed by atoms with E-state index in [-0.39, 0.29) is 19.2 Å². The summed E-state index contributed by atoms with van der Waals surface area (Å²) in [4.78, 5) is 32.3. The van der Waals surface area contributed by atoms with Gasteiger partial charge < -0.3 is 15.0 Å². The second-order valence-corrected chi connectivity index (χ2v) is 8.30. The number of halogens is 1. The molecule has 178 valence electrons. The number of esters is 1. The van der Waals surface area contributed by atoms with Gasteiger partial charge in [-0.25, -0.2) is 14.2 Å². The Labute approximate surface area is 204 Å². The number of aromatic nitrogens is 2. The number of rotatable bonds is 6. The lowest BCUT2D eigenvalue weighted by Gasteiger charge is -2.33. The van der Waals surface area contributed by atoms with Gasteiger partial charge in [-0.3, -0.25) is 0 Å². The van der Waals surface area contributed by atoms with Crippen molar-refractivity contribution in [2.24, 2.45) is 0 Å². The van der Waals surface area contributed by atoms with Crippen LogP contribution < -0.4 is 11.0 Å². The molecule has 0 spiro atoms. The molecule has 1 aliphatic heterocycles. The van der Waals surface area contributed by atoms with Gasteiger partial charge in [-0.15, -0.1) is 0 Å². The summed E-state index contributed by atoms with van der Waals surface area (Å²) >= 11 is 6.60. The molecule has 7 nitrogen and oxygen atoms in total. The molecule has 0 bridgehead atoms. The smallest absolute Gasteiger partial charge is 0.355 e. The number of likely N-dealkylation sites (N-methyl/N-ethyl adjacent to an activating group) is 1. The van der Waals surface area contributed by atoms with E-state index in [1.165, 1.54) is 4.57 Å². The van der Waals surface area contributed by atoms with Gasteiger partial charge in [0.05, 0.1) is 17.9 Å². The Hall–Kier alpha value is -3.42. The van der Waals surface area contributed by atoms with Gasteiger partial charge in [-0.05, 0) is 38.7 Å². The van der Waals surface area contributed by atoms with Crippen LogP contribution >= 0.6 is 11.6 Å². The highest BCUT2D eigenvalue weighted by Gasteiger charge is 2.38. The molecule has 1 aromatic heterocycles. The maximum Gasteiger partial charge on any atom is 0.355 e. The number of ether oxygens (including phenoxy) is 1. The van der Waals surface area contributed by atoms with E-state index in [1.54, 1.807) is 6.92 Å². The minimum absolute atomic E-state index is 0. The fraction of sp³-hybridized carbons (Fsp3) is 0.269. The summed E-state index contributed by atoms with van der Waals surface area (Å²) in [5.41, 5.74) is 2.63. The van der Waals surface area contributed by atoms with Gasteiger partial charge in [0.25, 0.3) is 0 Å². The number of fused-ring (bicyclic) bond motifs is 1. The predicted octanol–water partition coefficient (Wildman–Crippen LogP) is 4.46. The van der Waals surface area contributed by atoms with Crippen molar-refractivity contribution in [2.75, 3.05) is 32.6 Å². The first kappa shape index (κ1) is 25.2. The Bertz CT molecular complexity index is 1250. The second-order valence-electron chi connectivity index (χ2n) is 7.94. The van der Waals surface area contributed by atoms with Crippen molar-refractivity contribution < 1.29 is 9.53 Å². The van der Waals surface area contributed by atoms with Crippen molar-refractivity contribution in [3.8, 4) is 5.69 Å². The summed E-state index contributed by atoms with van der Waals surface area (Å²) in [6.45, 7) is 2.44. The van der Waals surface area contributed by atoms with Crippen LogP contribution in [-0.4, -0.2) is 47.7 Å². The first-order valence-corrected chi connectivity index (χ1v) is 11.0. The number of hydrogen-bond donors (Lipinski definition) is 1. The van der Waals surface area contributed by atoms with Gasteiger partial charge in [0.15, 0.2) is 0 Å². The molecule has 8 heteroatoms. The van der Waals surface area contributed by atoms with Crippen molar-refractivity contribution in [3.05, 3.63) is 98.7 Å². The number of hydrogen-bond acceptors (Lipinski definition) is 6. The lowest BCUT2D eigenvalue weighted by atomic mass is 9.82. The third-order valence-electron chi connectivity index (χ3n) is 5.37. The monoisotopic (exact) mass is 480 g/mol. The van der Waals surface area contributed by atoms with Gasteiger partial charge in [0.2, 0.25) is 0 Å². The molecular weight excluding hydrogens is 452 g/mol. The summed E-state index contributed by atoms with van der Waals surface area (Å²) in [5, 5.41) is 3.39. The first-order chi connectivity index (χ1) is 15.9. The van der Waals surface area contributed by atoms with Crippen molar-refractivity contribution in [1.29, 1.82) is 0 Å². The lowest BCUT2D eigenvalue weighted by molar-refractivity contribution is -0.138. The summed E-state index contributed by atoms with van der Waals surface area (Å²) in [5.74, 6) is -0.508. The molecule has 0 saturated carbocycles. The third kappa shape index (κ3) is 4.76.